The van der Waals surface area contributed by atoms with E-state index in [1.807, 2.05) is 0 Å². The Kier molecular flexibility index (Phi) is 1.92. The highest BCUT2D eigenvalue weighted by Crippen LogP contribution is 2.57. The highest BCUT2D eigenvalue weighted by Gasteiger charge is 2.31. The van der Waals surface area contributed by atoms with Crippen LogP contribution in [0.3, 0.4) is 0 Å². The molecule has 0 fully saturated rings. The van der Waals surface area contributed by atoms with Crippen LogP contribution in [-0.4, -0.2) is 14.3 Å². The minimum Gasteiger partial charge on any atom is -0.504 e. The van der Waals surface area contributed by atoms with Crippen molar-refractivity contribution in [1.29, 1.82) is 0 Å². The summed E-state index contributed by atoms with van der Waals surface area (Å²) in [6.45, 7) is 4.24. The number of aromatic hydroxyl groups is 2. The molecule has 2 rings (SSSR count). The van der Waals surface area contributed by atoms with Gasteiger partial charge in [0.15, 0.2) is 11.5 Å². The van der Waals surface area contributed by atoms with Gasteiger partial charge in [-0.3, -0.25) is 0 Å². The van der Waals surface area contributed by atoms with Gasteiger partial charge in [0.1, 0.15) is 0 Å². The van der Waals surface area contributed by atoms with Crippen molar-refractivity contribution in [3.8, 4) is 11.5 Å². The highest BCUT2D eigenvalue weighted by molar-refractivity contribution is 8.20. The van der Waals surface area contributed by atoms with E-state index in [2.05, 4.69) is 13.8 Å². The fourth-order valence-corrected chi connectivity index (χ4v) is 3.92. The summed E-state index contributed by atoms with van der Waals surface area (Å²) < 4.78 is 0.0998. The van der Waals surface area contributed by atoms with Crippen LogP contribution < -0.4 is 0 Å². The molecule has 0 bridgehead atoms. The van der Waals surface area contributed by atoms with Gasteiger partial charge in [-0.05, 0) is 26.0 Å². The van der Waals surface area contributed by atoms with E-state index in [4.69, 9.17) is 0 Å². The minimum atomic E-state index is -0.0375. The van der Waals surface area contributed by atoms with Gasteiger partial charge in [0.05, 0.1) is 4.08 Å². The lowest BCUT2D eigenvalue weighted by molar-refractivity contribution is 0.401. The van der Waals surface area contributed by atoms with Crippen LogP contribution in [0.15, 0.2) is 21.9 Å². The molecule has 1 aliphatic heterocycles. The smallest absolute Gasteiger partial charge is 0.158 e. The first kappa shape index (κ1) is 9.09. The van der Waals surface area contributed by atoms with Gasteiger partial charge in [-0.15, -0.1) is 23.5 Å². The van der Waals surface area contributed by atoms with Crippen molar-refractivity contribution in [3.05, 3.63) is 12.1 Å². The van der Waals surface area contributed by atoms with Gasteiger partial charge >= 0.3 is 0 Å². The second kappa shape index (κ2) is 2.75. The van der Waals surface area contributed by atoms with Gasteiger partial charge in [-0.1, -0.05) is 0 Å². The summed E-state index contributed by atoms with van der Waals surface area (Å²) in [5, 5.41) is 18.6. The maximum absolute atomic E-state index is 9.28. The quantitative estimate of drug-likeness (QED) is 0.651. The molecule has 70 valence electrons. The molecule has 0 amide bonds. The van der Waals surface area contributed by atoms with E-state index >= 15 is 0 Å². The summed E-state index contributed by atoms with van der Waals surface area (Å²) in [6.07, 6.45) is 0. The third kappa shape index (κ3) is 1.60. The molecule has 4 heteroatoms. The predicted octanol–water partition coefficient (Wildman–Crippen LogP) is 3.03. The van der Waals surface area contributed by atoms with E-state index in [1.165, 1.54) is 0 Å². The molecule has 2 N–H and O–H groups in total. The van der Waals surface area contributed by atoms with E-state index in [-0.39, 0.29) is 15.6 Å². The van der Waals surface area contributed by atoms with Crippen LogP contribution in [-0.2, 0) is 0 Å². The van der Waals surface area contributed by atoms with Crippen LogP contribution in [0.1, 0.15) is 13.8 Å². The van der Waals surface area contributed by atoms with E-state index < -0.39 is 0 Å². The first-order valence-electron chi connectivity index (χ1n) is 3.92. The largest absolute Gasteiger partial charge is 0.504 e. The summed E-state index contributed by atoms with van der Waals surface area (Å²) in [5.41, 5.74) is 0. The van der Waals surface area contributed by atoms with Gasteiger partial charge in [-0.25, -0.2) is 0 Å². The van der Waals surface area contributed by atoms with Gasteiger partial charge in [-0.2, -0.15) is 0 Å². The lowest BCUT2D eigenvalue weighted by Gasteiger charge is -2.12. The molecular weight excluding hydrogens is 204 g/mol. The van der Waals surface area contributed by atoms with E-state index in [1.54, 1.807) is 35.7 Å². The van der Waals surface area contributed by atoms with Crippen LogP contribution in [0.5, 0.6) is 11.5 Å². The lowest BCUT2D eigenvalue weighted by atomic mass is 10.3. The molecular formula is C9H10O2S2. The Morgan fingerprint density at radius 1 is 1.00 bits per heavy atom. The first-order valence-corrected chi connectivity index (χ1v) is 5.55. The number of rotatable bonds is 0. The number of thioether (sulfide) groups is 2. The van der Waals surface area contributed by atoms with Crippen LogP contribution in [0, 0.1) is 0 Å². The zero-order valence-corrected chi connectivity index (χ0v) is 9.00. The zero-order valence-electron chi connectivity index (χ0n) is 7.37. The summed E-state index contributed by atoms with van der Waals surface area (Å²) >= 11 is 3.42. The molecule has 0 saturated heterocycles. The Bertz CT molecular complexity index is 328. The minimum absolute atomic E-state index is 0.0375. The molecule has 1 aromatic rings. The second-order valence-electron chi connectivity index (χ2n) is 3.39. The Labute approximate surface area is 85.4 Å². The average molecular weight is 214 g/mol. The van der Waals surface area contributed by atoms with Crippen molar-refractivity contribution in [2.45, 2.75) is 27.7 Å². The van der Waals surface area contributed by atoms with E-state index in [9.17, 15) is 10.2 Å². The van der Waals surface area contributed by atoms with Crippen LogP contribution in [0.25, 0.3) is 0 Å². The van der Waals surface area contributed by atoms with Crippen LogP contribution in [0.4, 0.5) is 0 Å². The Morgan fingerprint density at radius 2 is 1.38 bits per heavy atom. The predicted molar refractivity (Wildman–Crippen MR) is 55.6 cm³/mol. The molecule has 0 atom stereocenters. The number of benzene rings is 1. The molecule has 0 saturated carbocycles. The maximum Gasteiger partial charge on any atom is 0.158 e. The van der Waals surface area contributed by atoms with Gasteiger partial charge in [0.2, 0.25) is 0 Å². The van der Waals surface area contributed by atoms with E-state index in [0.29, 0.717) is 0 Å². The van der Waals surface area contributed by atoms with Crippen molar-refractivity contribution in [1.82, 2.24) is 0 Å². The standard InChI is InChI=1S/C9H10O2S2/c1-9(2)12-7-3-5(10)6(11)4-8(7)13-9/h3-4,10-11H,1-2H3. The molecule has 2 nitrogen and oxygen atoms in total. The van der Waals surface area contributed by atoms with Crippen molar-refractivity contribution in [3.63, 3.8) is 0 Å². The lowest BCUT2D eigenvalue weighted by Crippen LogP contribution is -2.01. The molecule has 13 heavy (non-hydrogen) atoms. The maximum atomic E-state index is 9.28. The van der Waals surface area contributed by atoms with Gasteiger partial charge < -0.3 is 10.2 Å². The molecule has 1 heterocycles. The average Bonchev–Trinajstić information content (AvgIpc) is 2.24. The Balaban J connectivity index is 2.48. The zero-order chi connectivity index (χ0) is 9.64. The monoisotopic (exact) mass is 214 g/mol. The summed E-state index contributed by atoms with van der Waals surface area (Å²) in [7, 11) is 0. The number of hydrogen-bond donors (Lipinski definition) is 2. The molecule has 0 spiro atoms. The number of phenolic OH excluding ortho intramolecular Hbond substituents is 2. The normalized spacial score (nSPS) is 18.6. The van der Waals surface area contributed by atoms with Crippen molar-refractivity contribution in [2.24, 2.45) is 0 Å². The number of hydrogen-bond acceptors (Lipinski definition) is 4. The van der Waals surface area contributed by atoms with Gasteiger partial charge in [0, 0.05) is 9.79 Å². The Hall–Kier alpha value is -0.480. The fraction of sp³-hybridized carbons (Fsp3) is 0.333. The molecule has 0 unspecified atom stereocenters. The fourth-order valence-electron chi connectivity index (χ4n) is 1.25. The van der Waals surface area contributed by atoms with Crippen LogP contribution in [0.2, 0.25) is 0 Å². The number of fused-ring (bicyclic) bond motifs is 1. The Morgan fingerprint density at radius 3 is 1.77 bits per heavy atom. The third-order valence-corrected chi connectivity index (χ3v) is 4.48. The summed E-state index contributed by atoms with van der Waals surface area (Å²) in [4.78, 5) is 2.09. The summed E-state index contributed by atoms with van der Waals surface area (Å²) in [6, 6.07) is 3.24. The first-order chi connectivity index (χ1) is 5.98. The summed E-state index contributed by atoms with van der Waals surface area (Å²) in [5.74, 6) is -0.0749. The SMILES string of the molecule is CC1(C)Sc2cc(O)c(O)cc2S1. The van der Waals surface area contributed by atoms with Crippen molar-refractivity contribution >= 4 is 23.5 Å². The van der Waals surface area contributed by atoms with Crippen molar-refractivity contribution in [2.75, 3.05) is 0 Å². The highest BCUT2D eigenvalue weighted by atomic mass is 32.2. The molecule has 1 aliphatic rings. The second-order valence-corrected chi connectivity index (χ2v) is 6.98. The van der Waals surface area contributed by atoms with Crippen LogP contribution >= 0.6 is 23.5 Å². The molecule has 1 aromatic carbocycles. The topological polar surface area (TPSA) is 40.5 Å². The molecule has 0 aliphatic carbocycles. The molecule has 0 aromatic heterocycles. The van der Waals surface area contributed by atoms with E-state index in [0.717, 1.165) is 9.79 Å². The van der Waals surface area contributed by atoms with Crippen molar-refractivity contribution < 1.29 is 10.2 Å². The number of phenols is 2. The van der Waals surface area contributed by atoms with Gasteiger partial charge in [0.25, 0.3) is 0 Å². The molecule has 0 radical (unpaired) electrons. The third-order valence-electron chi connectivity index (χ3n) is 1.75.